The van der Waals surface area contributed by atoms with Crippen LogP contribution in [-0.4, -0.2) is 53.1 Å². The van der Waals surface area contributed by atoms with Crippen LogP contribution in [0.4, 0.5) is 5.69 Å². The van der Waals surface area contributed by atoms with E-state index in [1.54, 1.807) is 0 Å². The number of aromatic nitrogens is 1. The number of furan rings is 1. The molecule has 0 bridgehead atoms. The second-order valence-electron chi connectivity index (χ2n) is 7.28. The zero-order chi connectivity index (χ0) is 22.0. The van der Waals surface area contributed by atoms with Crippen LogP contribution in [0.1, 0.15) is 17.6 Å². The molecule has 0 saturated carbocycles. The van der Waals surface area contributed by atoms with Crippen molar-refractivity contribution in [3.05, 3.63) is 62.5 Å². The molecule has 1 fully saturated rings. The molecule has 0 aliphatic carbocycles. The van der Waals surface area contributed by atoms with Gasteiger partial charge >= 0.3 is 5.76 Å². The van der Waals surface area contributed by atoms with Gasteiger partial charge in [0.2, 0.25) is 5.91 Å². The van der Waals surface area contributed by atoms with Gasteiger partial charge in [0, 0.05) is 25.7 Å². The fourth-order valence-electron chi connectivity index (χ4n) is 3.66. The number of nitrogens with one attached hydrogen (secondary N) is 1. The number of ether oxygens (including phenoxy) is 1. The molecule has 1 N–H and O–H groups in total. The number of hydrogen-bond acceptors (Lipinski definition) is 8. The SMILES string of the molecule is Cc1ccc(C(CNC(=O)Cn2c(=O)oc3cc([N+](=O)[O-])ccc32)N2CCOCC2)o1. The van der Waals surface area contributed by atoms with Crippen molar-refractivity contribution in [2.45, 2.75) is 19.5 Å². The predicted octanol–water partition coefficient (Wildman–Crippen LogP) is 1.59. The van der Waals surface area contributed by atoms with Crippen molar-refractivity contribution in [3.63, 3.8) is 0 Å². The topological polar surface area (TPSA) is 133 Å². The first-order chi connectivity index (χ1) is 14.9. The third kappa shape index (κ3) is 4.52. The Hall–Kier alpha value is -3.44. The van der Waals surface area contributed by atoms with Gasteiger partial charge in [-0.3, -0.25) is 24.4 Å². The number of morpholine rings is 1. The Kier molecular flexibility index (Phi) is 5.87. The molecule has 31 heavy (non-hydrogen) atoms. The van der Waals surface area contributed by atoms with Gasteiger partial charge in [-0.15, -0.1) is 0 Å². The van der Waals surface area contributed by atoms with Crippen LogP contribution in [0.2, 0.25) is 0 Å². The number of amides is 1. The summed E-state index contributed by atoms with van der Waals surface area (Å²) >= 11 is 0. The normalized spacial score (nSPS) is 15.8. The van der Waals surface area contributed by atoms with Crippen LogP contribution in [0.5, 0.6) is 0 Å². The Balaban J connectivity index is 1.48. The van der Waals surface area contributed by atoms with Crippen molar-refractivity contribution < 1.29 is 23.3 Å². The maximum absolute atomic E-state index is 12.6. The molecule has 3 aromatic rings. The van der Waals surface area contributed by atoms with Gasteiger partial charge in [0.1, 0.15) is 18.1 Å². The number of nitrogens with zero attached hydrogens (tertiary/aromatic N) is 3. The fraction of sp³-hybridized carbons (Fsp3) is 0.400. The lowest BCUT2D eigenvalue weighted by molar-refractivity contribution is -0.384. The maximum Gasteiger partial charge on any atom is 0.420 e. The van der Waals surface area contributed by atoms with E-state index in [9.17, 15) is 19.7 Å². The zero-order valence-electron chi connectivity index (χ0n) is 16.9. The zero-order valence-corrected chi connectivity index (χ0v) is 16.9. The lowest BCUT2D eigenvalue weighted by Gasteiger charge is -2.33. The Labute approximate surface area is 176 Å². The van der Waals surface area contributed by atoms with Crippen LogP contribution in [0.3, 0.4) is 0 Å². The molecule has 1 aliphatic heterocycles. The number of benzene rings is 1. The minimum Gasteiger partial charge on any atom is -0.465 e. The minimum atomic E-state index is -0.753. The first-order valence-electron chi connectivity index (χ1n) is 9.85. The average Bonchev–Trinajstić information content (AvgIpc) is 3.31. The highest BCUT2D eigenvalue weighted by molar-refractivity contribution is 5.80. The van der Waals surface area contributed by atoms with Gasteiger partial charge in [0.25, 0.3) is 5.69 Å². The molecule has 0 spiro atoms. The number of oxazole rings is 1. The maximum atomic E-state index is 12.6. The van der Waals surface area contributed by atoms with Crippen molar-refractivity contribution in [1.29, 1.82) is 0 Å². The molecular formula is C20H22N4O7. The van der Waals surface area contributed by atoms with Crippen molar-refractivity contribution in [2.75, 3.05) is 32.8 Å². The molecule has 11 nitrogen and oxygen atoms in total. The molecule has 3 heterocycles. The van der Waals surface area contributed by atoms with Crippen molar-refractivity contribution in [3.8, 4) is 0 Å². The van der Waals surface area contributed by atoms with E-state index in [1.807, 2.05) is 19.1 Å². The van der Waals surface area contributed by atoms with Gasteiger partial charge in [-0.1, -0.05) is 0 Å². The Morgan fingerprint density at radius 3 is 2.68 bits per heavy atom. The van der Waals surface area contributed by atoms with Gasteiger partial charge in [-0.05, 0) is 25.1 Å². The second-order valence-corrected chi connectivity index (χ2v) is 7.28. The highest BCUT2D eigenvalue weighted by Gasteiger charge is 2.26. The van der Waals surface area contributed by atoms with Crippen LogP contribution in [0.15, 0.2) is 44.0 Å². The molecule has 1 saturated heterocycles. The van der Waals surface area contributed by atoms with Gasteiger partial charge in [-0.25, -0.2) is 4.79 Å². The predicted molar refractivity (Wildman–Crippen MR) is 109 cm³/mol. The lowest BCUT2D eigenvalue weighted by Crippen LogP contribution is -2.44. The minimum absolute atomic E-state index is 0.0595. The van der Waals surface area contributed by atoms with Gasteiger partial charge < -0.3 is 18.9 Å². The number of hydrogen-bond donors (Lipinski definition) is 1. The molecule has 1 amide bonds. The van der Waals surface area contributed by atoms with Crippen molar-refractivity contribution >= 4 is 22.7 Å². The number of rotatable bonds is 7. The Bertz CT molecular complexity index is 1160. The van der Waals surface area contributed by atoms with Crippen molar-refractivity contribution in [2.24, 2.45) is 0 Å². The van der Waals surface area contributed by atoms with Crippen LogP contribution in [-0.2, 0) is 16.1 Å². The highest BCUT2D eigenvalue weighted by atomic mass is 16.6. The molecule has 1 unspecified atom stereocenters. The smallest absolute Gasteiger partial charge is 0.420 e. The highest BCUT2D eigenvalue weighted by Crippen LogP contribution is 2.23. The first-order valence-corrected chi connectivity index (χ1v) is 9.85. The Morgan fingerprint density at radius 2 is 2.00 bits per heavy atom. The summed E-state index contributed by atoms with van der Waals surface area (Å²) in [5, 5.41) is 13.8. The number of carbonyl (C=O) groups excluding carboxylic acids is 1. The molecule has 1 aromatic carbocycles. The number of aryl methyl sites for hydroxylation is 1. The second kappa shape index (κ2) is 8.74. The third-order valence-electron chi connectivity index (χ3n) is 5.23. The molecule has 11 heteroatoms. The lowest BCUT2D eigenvalue weighted by atomic mass is 10.1. The summed E-state index contributed by atoms with van der Waals surface area (Å²) in [6, 6.07) is 7.43. The summed E-state index contributed by atoms with van der Waals surface area (Å²) in [5.74, 6) is 0.393. The van der Waals surface area contributed by atoms with E-state index >= 15 is 0 Å². The first kappa shape index (κ1) is 20.8. The quantitative estimate of drug-likeness (QED) is 0.441. The van der Waals surface area contributed by atoms with E-state index < -0.39 is 10.7 Å². The van der Waals surface area contributed by atoms with Crippen LogP contribution in [0, 0.1) is 17.0 Å². The molecule has 4 rings (SSSR count). The number of carbonyl (C=O) groups is 1. The fourth-order valence-corrected chi connectivity index (χ4v) is 3.66. The summed E-state index contributed by atoms with van der Waals surface area (Å²) in [6.07, 6.45) is 0. The largest absolute Gasteiger partial charge is 0.465 e. The van der Waals surface area contributed by atoms with Crippen LogP contribution < -0.4 is 11.1 Å². The number of nitro groups is 1. The standard InChI is InChI=1S/C20H22N4O7/c1-13-2-5-17(30-13)16(22-6-8-29-9-7-22)11-21-19(25)12-23-15-4-3-14(24(27)28)10-18(15)31-20(23)26/h2-5,10,16H,6-9,11-12H2,1H3,(H,21,25). The van der Waals surface area contributed by atoms with E-state index in [0.29, 0.717) is 38.4 Å². The average molecular weight is 430 g/mol. The van der Waals surface area contributed by atoms with E-state index in [4.69, 9.17) is 13.6 Å². The van der Waals surface area contributed by atoms with E-state index in [0.717, 1.165) is 16.1 Å². The van der Waals surface area contributed by atoms with Gasteiger partial charge in [0.15, 0.2) is 5.58 Å². The summed E-state index contributed by atoms with van der Waals surface area (Å²) in [6.45, 7) is 4.52. The van der Waals surface area contributed by atoms with E-state index in [2.05, 4.69) is 10.2 Å². The third-order valence-corrected chi connectivity index (χ3v) is 5.23. The number of non-ortho nitro benzene ring substituents is 1. The van der Waals surface area contributed by atoms with Gasteiger partial charge in [-0.2, -0.15) is 0 Å². The molecule has 1 aliphatic rings. The van der Waals surface area contributed by atoms with Gasteiger partial charge in [0.05, 0.1) is 35.8 Å². The monoisotopic (exact) mass is 430 g/mol. The summed E-state index contributed by atoms with van der Waals surface area (Å²) < 4.78 is 17.4. The summed E-state index contributed by atoms with van der Waals surface area (Å²) in [4.78, 5) is 37.3. The van der Waals surface area contributed by atoms with Crippen molar-refractivity contribution in [1.82, 2.24) is 14.8 Å². The van der Waals surface area contributed by atoms with E-state index in [-0.39, 0.29) is 29.8 Å². The van der Waals surface area contributed by atoms with Crippen LogP contribution in [0.25, 0.3) is 11.1 Å². The number of nitro benzene ring substituents is 1. The summed E-state index contributed by atoms with van der Waals surface area (Å²) in [5.41, 5.74) is 0.182. The molecule has 2 aromatic heterocycles. The van der Waals surface area contributed by atoms with E-state index in [1.165, 1.54) is 18.2 Å². The molecule has 1 atom stereocenters. The van der Waals surface area contributed by atoms with Crippen LogP contribution >= 0.6 is 0 Å². The number of fused-ring (bicyclic) bond motifs is 1. The summed E-state index contributed by atoms with van der Waals surface area (Å²) in [7, 11) is 0. The Morgan fingerprint density at radius 1 is 1.23 bits per heavy atom. The molecular weight excluding hydrogens is 408 g/mol. The molecule has 0 radical (unpaired) electrons. The molecule has 164 valence electrons.